The van der Waals surface area contributed by atoms with Crippen molar-refractivity contribution in [2.24, 2.45) is 71.0 Å². The molecule has 0 aromatic heterocycles. The third-order valence-electron chi connectivity index (χ3n) is 16.4. The van der Waals surface area contributed by atoms with Crippen molar-refractivity contribution in [2.45, 2.75) is 243 Å². The molecule has 0 aromatic carbocycles. The molecule has 0 aliphatic heterocycles. The van der Waals surface area contributed by atoms with Crippen LogP contribution in [0.3, 0.4) is 0 Å². The summed E-state index contributed by atoms with van der Waals surface area (Å²) in [7, 11) is -0.594. The normalized spacial score (nSPS) is 15.5. The summed E-state index contributed by atoms with van der Waals surface area (Å²) in [5.41, 5.74) is 0. The van der Waals surface area contributed by atoms with Crippen molar-refractivity contribution >= 4 is 27.8 Å². The molecule has 0 amide bonds. The van der Waals surface area contributed by atoms with Crippen LogP contribution in [-0.4, -0.2) is 81.3 Å². The molecule has 67 heavy (non-hydrogen) atoms. The van der Waals surface area contributed by atoms with Crippen LogP contribution < -0.4 is 0 Å². The fourth-order valence-electron chi connectivity index (χ4n) is 10.5. The molecule has 0 atom stereocenters. The van der Waals surface area contributed by atoms with Gasteiger partial charge in [0.15, 0.2) is 0 Å². The molecule has 0 N–H and O–H groups in total. The van der Waals surface area contributed by atoms with E-state index in [0.29, 0.717) is 71.0 Å². The van der Waals surface area contributed by atoms with Crippen LogP contribution in [-0.2, 0) is 13.3 Å². The second-order valence-electron chi connectivity index (χ2n) is 29.1. The minimum absolute atomic E-state index is 0.594. The third kappa shape index (κ3) is 26.8. The Hall–Kier alpha value is 1.23. The fraction of sp³-hybridized carbons (Fsp3) is 1.00. The molecule has 3 nitrogen and oxygen atoms in total. The van der Waals surface area contributed by atoms with Crippen molar-refractivity contribution in [3.05, 3.63) is 0 Å². The summed E-state index contributed by atoms with van der Waals surface area (Å²) in [6.07, 6.45) is 29.4. The van der Waals surface area contributed by atoms with Gasteiger partial charge in [0.2, 0.25) is 0 Å². The summed E-state index contributed by atoms with van der Waals surface area (Å²) in [6.45, 7) is 50.4. The van der Waals surface area contributed by atoms with E-state index in [1.54, 1.807) is 0 Å². The average Bonchev–Trinajstić information content (AvgIpc) is 3.21. The summed E-state index contributed by atoms with van der Waals surface area (Å²) < 4.78 is 27.0. The third-order valence-corrected chi connectivity index (χ3v) is 35.4. The summed E-state index contributed by atoms with van der Waals surface area (Å²) in [5, 5.41) is 0. The Kier molecular flexibility index (Phi) is 31.8. The molecule has 0 aromatic rings. The van der Waals surface area contributed by atoms with Crippen LogP contribution in [0.5, 0.6) is 0 Å². The summed E-state index contributed by atoms with van der Waals surface area (Å²) in [6, 6.07) is 0. The Bertz CT molecular complexity index is 940. The number of rotatable bonds is 42. The van der Waals surface area contributed by atoms with E-state index >= 15 is 0 Å². The van der Waals surface area contributed by atoms with E-state index in [1.165, 1.54) is 151 Å². The van der Waals surface area contributed by atoms with Crippen LogP contribution in [0, 0.1) is 71.0 Å². The van der Waals surface area contributed by atoms with Gasteiger partial charge in [-0.05, 0) is 0 Å². The second-order valence-corrected chi connectivity index (χ2v) is 46.2. The SMILES string of the molecule is CC(C)CCP(CCC(C)C)(CCC(C)C)(CCC(C)C)OB(OP(CCC(C)C)(CCC(C)C)(CCC(C)C)CCC(C)C)OP(CCC(C)C)(CCC(C)C)(CCC(C)C)CCC(C)C. The molecular weight excluding hydrogens is 872 g/mol. The first-order chi connectivity index (χ1) is 30.7. The van der Waals surface area contributed by atoms with E-state index in [9.17, 15) is 0 Å². The van der Waals surface area contributed by atoms with E-state index in [1.807, 2.05) is 0 Å². The average molecular weight is 1010 g/mol. The molecule has 0 radical (unpaired) electrons. The predicted molar refractivity (Wildman–Crippen MR) is 322 cm³/mol. The quantitative estimate of drug-likeness (QED) is 0.0451. The molecule has 0 saturated carbocycles. The molecule has 408 valence electrons. The van der Waals surface area contributed by atoms with Crippen molar-refractivity contribution in [1.29, 1.82) is 0 Å². The molecule has 0 unspecified atom stereocenters. The van der Waals surface area contributed by atoms with E-state index in [-0.39, 0.29) is 0 Å². The van der Waals surface area contributed by atoms with E-state index in [4.69, 9.17) is 13.3 Å². The van der Waals surface area contributed by atoms with Gasteiger partial charge in [-0.1, -0.05) is 0 Å². The molecule has 0 aliphatic carbocycles. The Morgan fingerprint density at radius 2 is 0.284 bits per heavy atom. The second kappa shape index (κ2) is 31.2. The van der Waals surface area contributed by atoms with Crippen LogP contribution in [0.1, 0.15) is 243 Å². The molecule has 0 heterocycles. The van der Waals surface area contributed by atoms with Gasteiger partial charge in [0, 0.05) is 0 Å². The Balaban J connectivity index is 9.68. The first-order valence-electron chi connectivity index (χ1n) is 29.8. The van der Waals surface area contributed by atoms with E-state index < -0.39 is 27.8 Å². The molecule has 0 fully saturated rings. The van der Waals surface area contributed by atoms with Crippen LogP contribution in [0.4, 0.5) is 0 Å². The molecule has 0 spiro atoms. The maximum absolute atomic E-state index is 8.99. The number of hydrogen-bond acceptors (Lipinski definition) is 3. The van der Waals surface area contributed by atoms with Gasteiger partial charge in [-0.2, -0.15) is 0 Å². The Morgan fingerprint density at radius 3 is 0.358 bits per heavy atom. The van der Waals surface area contributed by atoms with E-state index in [2.05, 4.69) is 166 Å². The summed E-state index contributed by atoms with van der Waals surface area (Å²) in [5.74, 6) is 7.55. The molecule has 0 aliphatic rings. The first kappa shape index (κ1) is 68.2. The van der Waals surface area contributed by atoms with Gasteiger partial charge in [0.25, 0.3) is 0 Å². The minimum atomic E-state index is -3.03. The molecule has 7 heteroatoms. The maximum atomic E-state index is 8.99. The van der Waals surface area contributed by atoms with Gasteiger partial charge in [-0.25, -0.2) is 0 Å². The Labute approximate surface area is 427 Å². The fourth-order valence-corrected chi connectivity index (χ4v) is 31.7. The summed E-state index contributed by atoms with van der Waals surface area (Å²) >= 11 is 0. The molecular formula is C60H132BO3P3. The van der Waals surface area contributed by atoms with Crippen molar-refractivity contribution in [1.82, 2.24) is 0 Å². The van der Waals surface area contributed by atoms with Gasteiger partial charge in [-0.3, -0.25) is 0 Å². The summed E-state index contributed by atoms with van der Waals surface area (Å²) in [4.78, 5) is 0. The van der Waals surface area contributed by atoms with Gasteiger partial charge in [0.05, 0.1) is 0 Å². The van der Waals surface area contributed by atoms with Crippen LogP contribution >= 0.6 is 20.5 Å². The van der Waals surface area contributed by atoms with Gasteiger partial charge in [-0.15, -0.1) is 0 Å². The first-order valence-corrected chi connectivity index (χ1v) is 38.5. The Morgan fingerprint density at radius 1 is 0.194 bits per heavy atom. The topological polar surface area (TPSA) is 27.7 Å². The monoisotopic (exact) mass is 1000 g/mol. The molecule has 0 rings (SSSR count). The molecule has 0 saturated heterocycles. The van der Waals surface area contributed by atoms with Crippen LogP contribution in [0.15, 0.2) is 0 Å². The van der Waals surface area contributed by atoms with Crippen molar-refractivity contribution in [3.63, 3.8) is 0 Å². The van der Waals surface area contributed by atoms with Crippen molar-refractivity contribution < 1.29 is 13.3 Å². The predicted octanol–water partition coefficient (Wildman–Crippen LogP) is 21.0. The van der Waals surface area contributed by atoms with Crippen LogP contribution in [0.2, 0.25) is 0 Å². The standard InChI is InChI=1S/C60H132BO3P3/c1-49(2)25-37-65(38-26-50(3)4,39-27-51(5)6,40-28-52(7)8)62-61(63-66(41-29-53(9)10,42-30-54(11)12,43-31-55(13)14)44-32-56(15)16)64-67(45-33-57(17)18,46-34-58(19)20,47-35-59(21)22)48-36-60(23)24/h49-60H,25-48H2,1-24H3. The van der Waals surface area contributed by atoms with Gasteiger partial charge in [0.1, 0.15) is 0 Å². The zero-order valence-corrected chi connectivity index (χ0v) is 53.7. The van der Waals surface area contributed by atoms with Crippen molar-refractivity contribution in [2.75, 3.05) is 73.9 Å². The molecule has 0 bridgehead atoms. The van der Waals surface area contributed by atoms with Crippen LogP contribution in [0.25, 0.3) is 0 Å². The van der Waals surface area contributed by atoms with Gasteiger partial charge >= 0.3 is 429 Å². The zero-order valence-electron chi connectivity index (χ0n) is 51.0. The zero-order chi connectivity index (χ0) is 51.9. The van der Waals surface area contributed by atoms with E-state index in [0.717, 1.165) is 0 Å². The van der Waals surface area contributed by atoms with Crippen molar-refractivity contribution in [3.8, 4) is 0 Å². The number of hydrogen-bond donors (Lipinski definition) is 0. The van der Waals surface area contributed by atoms with Gasteiger partial charge < -0.3 is 0 Å².